The fourth-order valence-corrected chi connectivity index (χ4v) is 1.88. The Bertz CT molecular complexity index is 480. The molecule has 0 spiro atoms. The van der Waals surface area contributed by atoms with Crippen molar-refractivity contribution in [3.8, 4) is 0 Å². The van der Waals surface area contributed by atoms with Gasteiger partial charge in [-0.2, -0.15) is 0 Å². The number of nitrogens with two attached hydrogens (primary N) is 1. The summed E-state index contributed by atoms with van der Waals surface area (Å²) in [7, 11) is 0. The number of nitrogens with zero attached hydrogens (tertiary/aromatic N) is 1. The summed E-state index contributed by atoms with van der Waals surface area (Å²) in [5.74, 6) is -0.349. The van der Waals surface area contributed by atoms with E-state index in [0.29, 0.717) is 25.4 Å². The SMILES string of the molecule is NC(=S)C1CN(C(=O)Nc2ccc(F)cc2)CCO1. The molecule has 1 aromatic rings. The van der Waals surface area contributed by atoms with E-state index in [9.17, 15) is 9.18 Å². The maximum Gasteiger partial charge on any atom is 0.322 e. The van der Waals surface area contributed by atoms with Crippen LogP contribution in [-0.4, -0.2) is 41.7 Å². The predicted octanol–water partition coefficient (Wildman–Crippen LogP) is 1.34. The predicted molar refractivity (Wildman–Crippen MR) is 73.5 cm³/mol. The average molecular weight is 283 g/mol. The highest BCUT2D eigenvalue weighted by atomic mass is 32.1. The second-order valence-electron chi connectivity index (χ2n) is 4.14. The smallest absolute Gasteiger partial charge is 0.322 e. The standard InChI is InChI=1S/C12H14FN3O2S/c13-8-1-3-9(4-2-8)15-12(17)16-5-6-18-10(7-16)11(14)19/h1-4,10H,5-7H2,(H2,14,19)(H,15,17). The summed E-state index contributed by atoms with van der Waals surface area (Å²) in [6.45, 7) is 1.17. The zero-order chi connectivity index (χ0) is 13.8. The van der Waals surface area contributed by atoms with Gasteiger partial charge in [0, 0.05) is 12.2 Å². The molecule has 1 aliphatic heterocycles. The van der Waals surface area contributed by atoms with Gasteiger partial charge in [-0.3, -0.25) is 0 Å². The number of urea groups is 1. The van der Waals surface area contributed by atoms with Crippen LogP contribution in [0.2, 0.25) is 0 Å². The summed E-state index contributed by atoms with van der Waals surface area (Å²) in [5, 5.41) is 2.68. The molecule has 5 nitrogen and oxygen atoms in total. The largest absolute Gasteiger partial charge is 0.391 e. The fourth-order valence-electron chi connectivity index (χ4n) is 1.74. The monoisotopic (exact) mass is 283 g/mol. The van der Waals surface area contributed by atoms with Crippen molar-refractivity contribution in [2.24, 2.45) is 5.73 Å². The van der Waals surface area contributed by atoms with Gasteiger partial charge in [0.15, 0.2) is 0 Å². The normalized spacial score (nSPS) is 19.0. The molecule has 0 saturated carbocycles. The lowest BCUT2D eigenvalue weighted by molar-refractivity contribution is 0.0251. The van der Waals surface area contributed by atoms with Crippen molar-refractivity contribution in [2.75, 3.05) is 25.0 Å². The molecule has 1 atom stereocenters. The van der Waals surface area contributed by atoms with Crippen molar-refractivity contribution in [3.05, 3.63) is 30.1 Å². The molecule has 1 aromatic carbocycles. The number of morpholine rings is 1. The van der Waals surface area contributed by atoms with Gasteiger partial charge in [0.2, 0.25) is 0 Å². The van der Waals surface area contributed by atoms with Crippen LogP contribution in [0.1, 0.15) is 0 Å². The third kappa shape index (κ3) is 3.62. The molecular formula is C12H14FN3O2S. The Balaban J connectivity index is 1.96. The number of rotatable bonds is 2. The number of thiocarbonyl (C=S) groups is 1. The first-order chi connectivity index (χ1) is 9.06. The molecule has 3 N–H and O–H groups in total. The highest BCUT2D eigenvalue weighted by Crippen LogP contribution is 2.11. The third-order valence-corrected chi connectivity index (χ3v) is 3.03. The number of ether oxygens (including phenoxy) is 1. The van der Waals surface area contributed by atoms with Gasteiger partial charge in [-0.25, -0.2) is 9.18 Å². The lowest BCUT2D eigenvalue weighted by Gasteiger charge is -2.32. The van der Waals surface area contributed by atoms with Gasteiger partial charge in [-0.15, -0.1) is 0 Å². The molecule has 1 saturated heterocycles. The third-order valence-electron chi connectivity index (χ3n) is 2.77. The number of benzene rings is 1. The first-order valence-corrected chi connectivity index (χ1v) is 6.19. The summed E-state index contributed by atoms with van der Waals surface area (Å²) in [6.07, 6.45) is -0.414. The van der Waals surface area contributed by atoms with Gasteiger partial charge in [0.1, 0.15) is 16.9 Å². The molecule has 0 aliphatic carbocycles. The number of halogens is 1. The van der Waals surface area contributed by atoms with E-state index in [1.807, 2.05) is 0 Å². The minimum Gasteiger partial charge on any atom is -0.391 e. The van der Waals surface area contributed by atoms with Crippen molar-refractivity contribution in [3.63, 3.8) is 0 Å². The zero-order valence-corrected chi connectivity index (χ0v) is 11.0. The molecule has 0 radical (unpaired) electrons. The van der Waals surface area contributed by atoms with Gasteiger partial charge in [-0.05, 0) is 24.3 Å². The Morgan fingerprint density at radius 2 is 2.16 bits per heavy atom. The Hall–Kier alpha value is -1.73. The minimum absolute atomic E-state index is 0.235. The van der Waals surface area contributed by atoms with Crippen LogP contribution in [0.3, 0.4) is 0 Å². The second kappa shape index (κ2) is 5.94. The van der Waals surface area contributed by atoms with Crippen LogP contribution in [0.15, 0.2) is 24.3 Å². The summed E-state index contributed by atoms with van der Waals surface area (Å²) in [4.78, 5) is 13.8. The number of nitrogens with one attached hydrogen (secondary N) is 1. The van der Waals surface area contributed by atoms with Gasteiger partial charge in [0.05, 0.1) is 13.2 Å². The summed E-state index contributed by atoms with van der Waals surface area (Å²) in [6, 6.07) is 5.29. The molecule has 1 unspecified atom stereocenters. The molecule has 2 rings (SSSR count). The number of hydrogen-bond donors (Lipinski definition) is 2. The summed E-state index contributed by atoms with van der Waals surface area (Å²) in [5.41, 5.74) is 6.04. The van der Waals surface area contributed by atoms with Crippen molar-refractivity contribution in [2.45, 2.75) is 6.10 Å². The van der Waals surface area contributed by atoms with E-state index in [4.69, 9.17) is 22.7 Å². The molecule has 102 valence electrons. The van der Waals surface area contributed by atoms with E-state index in [2.05, 4.69) is 5.32 Å². The van der Waals surface area contributed by atoms with Gasteiger partial charge in [-0.1, -0.05) is 12.2 Å². The van der Waals surface area contributed by atoms with Crippen LogP contribution in [0.5, 0.6) is 0 Å². The minimum atomic E-state index is -0.414. The quantitative estimate of drug-likeness (QED) is 0.804. The molecule has 7 heteroatoms. The molecule has 19 heavy (non-hydrogen) atoms. The maximum absolute atomic E-state index is 12.8. The molecule has 1 aliphatic rings. The van der Waals surface area contributed by atoms with E-state index in [-0.39, 0.29) is 16.8 Å². The Morgan fingerprint density at radius 1 is 1.47 bits per heavy atom. The Labute approximate surface area is 115 Å². The van der Waals surface area contributed by atoms with Gasteiger partial charge in [0.25, 0.3) is 0 Å². The lowest BCUT2D eigenvalue weighted by atomic mass is 10.2. The van der Waals surface area contributed by atoms with Crippen molar-refractivity contribution in [1.29, 1.82) is 0 Å². The maximum atomic E-state index is 12.8. The summed E-state index contributed by atoms with van der Waals surface area (Å²) >= 11 is 4.85. The Morgan fingerprint density at radius 3 is 2.79 bits per heavy atom. The van der Waals surface area contributed by atoms with Crippen LogP contribution >= 0.6 is 12.2 Å². The second-order valence-corrected chi connectivity index (χ2v) is 4.62. The molecule has 2 amide bonds. The van der Waals surface area contributed by atoms with E-state index in [0.717, 1.165) is 0 Å². The fraction of sp³-hybridized carbons (Fsp3) is 0.333. The van der Waals surface area contributed by atoms with Crippen molar-refractivity contribution >= 4 is 28.9 Å². The number of anilines is 1. The zero-order valence-electron chi connectivity index (χ0n) is 10.1. The molecule has 0 aromatic heterocycles. The molecule has 0 bridgehead atoms. The lowest BCUT2D eigenvalue weighted by Crippen LogP contribution is -2.51. The van der Waals surface area contributed by atoms with Crippen LogP contribution in [0, 0.1) is 5.82 Å². The van der Waals surface area contributed by atoms with E-state index in [1.165, 1.54) is 24.3 Å². The average Bonchev–Trinajstić information content (AvgIpc) is 2.41. The van der Waals surface area contributed by atoms with Crippen molar-refractivity contribution in [1.82, 2.24) is 4.90 Å². The van der Waals surface area contributed by atoms with Crippen LogP contribution in [-0.2, 0) is 4.74 Å². The number of carbonyl (C=O) groups excluding carboxylic acids is 1. The van der Waals surface area contributed by atoms with E-state index >= 15 is 0 Å². The van der Waals surface area contributed by atoms with E-state index < -0.39 is 6.10 Å². The molecule has 1 heterocycles. The number of amides is 2. The Kier molecular flexibility index (Phi) is 4.28. The number of hydrogen-bond acceptors (Lipinski definition) is 3. The van der Waals surface area contributed by atoms with Crippen LogP contribution < -0.4 is 11.1 Å². The summed E-state index contributed by atoms with van der Waals surface area (Å²) < 4.78 is 18.1. The highest BCUT2D eigenvalue weighted by Gasteiger charge is 2.25. The molecule has 1 fully saturated rings. The van der Waals surface area contributed by atoms with E-state index in [1.54, 1.807) is 4.90 Å². The van der Waals surface area contributed by atoms with Crippen LogP contribution in [0.25, 0.3) is 0 Å². The van der Waals surface area contributed by atoms with Crippen LogP contribution in [0.4, 0.5) is 14.9 Å². The first kappa shape index (κ1) is 13.7. The topological polar surface area (TPSA) is 67.6 Å². The highest BCUT2D eigenvalue weighted by molar-refractivity contribution is 7.80. The van der Waals surface area contributed by atoms with Gasteiger partial charge >= 0.3 is 6.03 Å². The molecular weight excluding hydrogens is 269 g/mol. The van der Waals surface area contributed by atoms with Gasteiger partial charge < -0.3 is 20.7 Å². The van der Waals surface area contributed by atoms with Crippen molar-refractivity contribution < 1.29 is 13.9 Å². The number of carbonyl (C=O) groups is 1. The first-order valence-electron chi connectivity index (χ1n) is 5.78.